The minimum Gasteiger partial charge on any atom is -0.394 e. The van der Waals surface area contributed by atoms with E-state index in [0.29, 0.717) is 0 Å². The molecule has 1 aromatic rings. The second-order valence-electron chi connectivity index (χ2n) is 4.06. The third-order valence-electron chi connectivity index (χ3n) is 2.85. The Balaban J connectivity index is 2.43. The van der Waals surface area contributed by atoms with Crippen molar-refractivity contribution >= 4 is 21.8 Å². The highest BCUT2D eigenvalue weighted by atomic mass is 79.9. The molecule has 0 saturated carbocycles. The summed E-state index contributed by atoms with van der Waals surface area (Å²) in [6.07, 6.45) is -3.36. The second kappa shape index (κ2) is 4.81. The molecule has 1 amide bonds. The van der Waals surface area contributed by atoms with Gasteiger partial charge in [0.25, 0.3) is 11.8 Å². The van der Waals surface area contributed by atoms with Gasteiger partial charge >= 0.3 is 0 Å². The number of hydrogen-bond acceptors (Lipinski definition) is 7. The number of imidazole rings is 1. The summed E-state index contributed by atoms with van der Waals surface area (Å²) in [7, 11) is 0. The fraction of sp³-hybridized carbons (Fsp3) is 0.556. The molecule has 1 aliphatic rings. The third-order valence-corrected chi connectivity index (χ3v) is 3.41. The zero-order valence-electron chi connectivity index (χ0n) is 9.47. The van der Waals surface area contributed by atoms with Crippen molar-refractivity contribution in [3.8, 4) is 0 Å². The summed E-state index contributed by atoms with van der Waals surface area (Å²) >= 11 is 2.97. The summed E-state index contributed by atoms with van der Waals surface area (Å²) in [5.41, 5.74) is 4.87. The van der Waals surface area contributed by atoms with E-state index in [9.17, 15) is 20.1 Å². The number of nitrogens with two attached hydrogens (primary N) is 1. The maximum absolute atomic E-state index is 11.0. The zero-order chi connectivity index (χ0) is 14.4. The molecule has 2 heterocycles. The van der Waals surface area contributed by atoms with Gasteiger partial charge in [-0.05, 0) is 15.9 Å². The molecular formula is C9H12BrN3O6. The van der Waals surface area contributed by atoms with Crippen LogP contribution in [0.2, 0.25) is 0 Å². The quantitative estimate of drug-likeness (QED) is 0.407. The first kappa shape index (κ1) is 14.4. The zero-order valence-corrected chi connectivity index (χ0v) is 11.1. The van der Waals surface area contributed by atoms with E-state index in [1.165, 1.54) is 0 Å². The van der Waals surface area contributed by atoms with Crippen LogP contribution in [0.25, 0.3) is 0 Å². The lowest BCUT2D eigenvalue weighted by molar-refractivity contribution is -0.290. The van der Waals surface area contributed by atoms with E-state index in [-0.39, 0.29) is 10.4 Å². The van der Waals surface area contributed by atoms with Crippen LogP contribution in [0, 0.1) is 0 Å². The van der Waals surface area contributed by atoms with Crippen LogP contribution in [-0.4, -0.2) is 60.8 Å². The van der Waals surface area contributed by atoms with Crippen molar-refractivity contribution in [3.05, 3.63) is 16.6 Å². The largest absolute Gasteiger partial charge is 0.394 e. The van der Waals surface area contributed by atoms with Gasteiger partial charge in [0.15, 0.2) is 10.8 Å². The number of carbonyl (C=O) groups is 1. The topological polar surface area (TPSA) is 151 Å². The molecule has 0 unspecified atom stereocenters. The molecule has 4 atom stereocenters. The van der Waals surface area contributed by atoms with Crippen LogP contribution in [0.3, 0.4) is 0 Å². The van der Waals surface area contributed by atoms with E-state index in [4.69, 9.17) is 15.6 Å². The average Bonchev–Trinajstić information content (AvgIpc) is 2.85. The number of nitrogens with zero attached hydrogens (tertiary/aromatic N) is 2. The van der Waals surface area contributed by atoms with Gasteiger partial charge in [-0.15, -0.1) is 0 Å². The molecule has 0 radical (unpaired) electrons. The fourth-order valence-electron chi connectivity index (χ4n) is 1.83. The molecule has 0 aromatic carbocycles. The third kappa shape index (κ3) is 2.16. The Bertz CT molecular complexity index is 508. The summed E-state index contributed by atoms with van der Waals surface area (Å²) in [6.45, 7) is -0.602. The molecule has 106 valence electrons. The molecule has 10 heteroatoms. The molecule has 1 saturated heterocycles. The Labute approximate surface area is 115 Å². The van der Waals surface area contributed by atoms with Crippen molar-refractivity contribution in [2.24, 2.45) is 5.73 Å². The summed E-state index contributed by atoms with van der Waals surface area (Å²) in [4.78, 5) is 14.7. The van der Waals surface area contributed by atoms with Gasteiger partial charge in [-0.25, -0.2) is 4.98 Å². The standard InChI is InChI=1S/C9H12BrN3O6/c10-8-12-3(7(11)17)1-13(8)9(18)6(16)5(15)4(2-14)19-9/h1,4-6,14-16,18H,2H2,(H2,11,17)/t4-,5-,6-,9+/m1/s1. The summed E-state index contributed by atoms with van der Waals surface area (Å²) < 4.78 is 5.89. The Morgan fingerprint density at radius 1 is 1.63 bits per heavy atom. The SMILES string of the molecule is NC(=O)c1cn([C@@]2(O)O[C@H](CO)[C@@H](O)[C@H]2O)c(Br)n1. The number of aliphatic hydroxyl groups excluding tert-OH is 3. The van der Waals surface area contributed by atoms with E-state index < -0.39 is 36.7 Å². The predicted molar refractivity (Wildman–Crippen MR) is 62.6 cm³/mol. The number of ether oxygens (including phenoxy) is 1. The van der Waals surface area contributed by atoms with Gasteiger partial charge in [0, 0.05) is 6.20 Å². The highest BCUT2D eigenvalue weighted by Crippen LogP contribution is 2.35. The Morgan fingerprint density at radius 3 is 2.68 bits per heavy atom. The van der Waals surface area contributed by atoms with Crippen LogP contribution in [-0.2, 0) is 10.6 Å². The van der Waals surface area contributed by atoms with Crippen LogP contribution >= 0.6 is 15.9 Å². The van der Waals surface area contributed by atoms with E-state index in [2.05, 4.69) is 20.9 Å². The molecule has 19 heavy (non-hydrogen) atoms. The van der Waals surface area contributed by atoms with Gasteiger partial charge in [0.05, 0.1) is 6.61 Å². The van der Waals surface area contributed by atoms with Crippen molar-refractivity contribution in [2.45, 2.75) is 24.2 Å². The first-order valence-corrected chi connectivity index (χ1v) is 6.03. The van der Waals surface area contributed by atoms with E-state index in [1.54, 1.807) is 0 Å². The molecule has 2 rings (SSSR count). The van der Waals surface area contributed by atoms with Crippen LogP contribution in [0.5, 0.6) is 0 Å². The molecule has 6 N–H and O–H groups in total. The number of halogens is 1. The Kier molecular flexibility index (Phi) is 3.64. The fourth-order valence-corrected chi connectivity index (χ4v) is 2.38. The number of aliphatic hydroxyl groups is 4. The predicted octanol–water partition coefficient (Wildman–Crippen LogP) is -2.54. The van der Waals surface area contributed by atoms with Crippen molar-refractivity contribution in [1.29, 1.82) is 0 Å². The lowest BCUT2D eigenvalue weighted by Crippen LogP contribution is -2.45. The molecule has 1 aromatic heterocycles. The molecule has 0 spiro atoms. The Morgan fingerprint density at radius 2 is 2.26 bits per heavy atom. The molecule has 9 nitrogen and oxygen atoms in total. The number of hydrogen-bond donors (Lipinski definition) is 5. The maximum atomic E-state index is 11.0. The van der Waals surface area contributed by atoms with Crippen LogP contribution in [0.15, 0.2) is 10.9 Å². The number of carbonyl (C=O) groups excluding carboxylic acids is 1. The summed E-state index contributed by atoms with van der Waals surface area (Å²) in [5.74, 6) is -3.21. The van der Waals surface area contributed by atoms with E-state index in [1.807, 2.05) is 0 Å². The van der Waals surface area contributed by atoms with Gasteiger partial charge in [-0.1, -0.05) is 0 Å². The van der Waals surface area contributed by atoms with Gasteiger partial charge < -0.3 is 30.9 Å². The van der Waals surface area contributed by atoms with Crippen LogP contribution < -0.4 is 5.73 Å². The molecule has 1 fully saturated rings. The normalized spacial score (nSPS) is 34.7. The Hall–Kier alpha value is -1.04. The van der Waals surface area contributed by atoms with Gasteiger partial charge in [0.2, 0.25) is 0 Å². The van der Waals surface area contributed by atoms with Crippen LogP contribution in [0.1, 0.15) is 10.5 Å². The molecule has 0 bridgehead atoms. The number of amides is 1. The lowest BCUT2D eigenvalue weighted by atomic mass is 10.1. The maximum Gasteiger partial charge on any atom is 0.285 e. The van der Waals surface area contributed by atoms with E-state index >= 15 is 0 Å². The van der Waals surface area contributed by atoms with Gasteiger partial charge in [-0.2, -0.15) is 0 Å². The first-order chi connectivity index (χ1) is 8.81. The number of aromatic nitrogens is 2. The molecule has 0 aliphatic carbocycles. The highest BCUT2D eigenvalue weighted by molar-refractivity contribution is 9.10. The smallest absolute Gasteiger partial charge is 0.285 e. The number of primary amides is 1. The molecular weight excluding hydrogens is 326 g/mol. The second-order valence-corrected chi connectivity index (χ2v) is 4.77. The minimum atomic E-state index is -2.37. The lowest BCUT2D eigenvalue weighted by Gasteiger charge is -2.27. The molecule has 1 aliphatic heterocycles. The highest BCUT2D eigenvalue weighted by Gasteiger charge is 2.55. The van der Waals surface area contributed by atoms with Gasteiger partial charge in [0.1, 0.15) is 17.9 Å². The number of rotatable bonds is 3. The van der Waals surface area contributed by atoms with Crippen LogP contribution in [0.4, 0.5) is 0 Å². The average molecular weight is 338 g/mol. The minimum absolute atomic E-state index is 0.0337. The van der Waals surface area contributed by atoms with E-state index in [0.717, 1.165) is 10.8 Å². The van der Waals surface area contributed by atoms with Crippen molar-refractivity contribution in [1.82, 2.24) is 9.55 Å². The first-order valence-electron chi connectivity index (χ1n) is 5.23. The van der Waals surface area contributed by atoms with Crippen molar-refractivity contribution in [3.63, 3.8) is 0 Å². The van der Waals surface area contributed by atoms with Gasteiger partial charge in [-0.3, -0.25) is 9.36 Å². The van der Waals surface area contributed by atoms with Crippen molar-refractivity contribution < 1.29 is 30.0 Å². The summed E-state index contributed by atoms with van der Waals surface area (Å²) in [5, 5.41) is 38.7. The van der Waals surface area contributed by atoms with Crippen molar-refractivity contribution in [2.75, 3.05) is 6.61 Å². The summed E-state index contributed by atoms with van der Waals surface area (Å²) in [6, 6.07) is 0. The monoisotopic (exact) mass is 337 g/mol.